The molecular formula is C7H6N2O2S. The van der Waals surface area contributed by atoms with Gasteiger partial charge in [-0.25, -0.2) is 0 Å². The van der Waals surface area contributed by atoms with Crippen molar-refractivity contribution in [2.75, 3.05) is 0 Å². The van der Waals surface area contributed by atoms with Crippen LogP contribution >= 0.6 is 12.6 Å². The van der Waals surface area contributed by atoms with Crippen LogP contribution in [0.15, 0.2) is 30.3 Å². The molecule has 0 aromatic heterocycles. The monoisotopic (exact) mass is 182 g/mol. The molecule has 0 N–H and O–H groups in total. The minimum absolute atomic E-state index is 0.137. The lowest BCUT2D eigenvalue weighted by Gasteiger charge is -1.85. The summed E-state index contributed by atoms with van der Waals surface area (Å²) in [5.74, 6) is 0. The Bertz CT molecular complexity index is 281. The summed E-state index contributed by atoms with van der Waals surface area (Å²) in [4.78, 5) is 9.59. The van der Waals surface area contributed by atoms with Crippen LogP contribution in [-0.4, -0.2) is 4.92 Å². The summed E-state index contributed by atoms with van der Waals surface area (Å²) >= 11 is 3.09. The van der Waals surface area contributed by atoms with E-state index in [0.717, 1.165) is 0 Å². The zero-order valence-electron chi connectivity index (χ0n) is 6.04. The summed E-state index contributed by atoms with van der Waals surface area (Å²) in [5.41, 5.74) is 0.137. The van der Waals surface area contributed by atoms with Crippen molar-refractivity contribution in [3.8, 4) is 5.40 Å². The lowest BCUT2D eigenvalue weighted by Crippen LogP contribution is -1.84. The molecule has 0 heterocycles. The average Bonchev–Trinajstić information content (AvgIpc) is 2.07. The number of non-ortho nitro benzene ring substituents is 1. The second-order valence-electron chi connectivity index (χ2n) is 1.69. The molecule has 0 fully saturated rings. The largest absolute Gasteiger partial charge is 0.269 e. The van der Waals surface area contributed by atoms with Crippen LogP contribution in [0.3, 0.4) is 0 Å². The Morgan fingerprint density at radius 3 is 2.08 bits per heavy atom. The van der Waals surface area contributed by atoms with Gasteiger partial charge in [-0.05, 0) is 0 Å². The third-order valence-electron chi connectivity index (χ3n) is 0.967. The molecule has 0 spiro atoms. The minimum Gasteiger partial charge on any atom is -0.258 e. The number of benzene rings is 1. The Labute approximate surface area is 75.0 Å². The molecule has 12 heavy (non-hydrogen) atoms. The summed E-state index contributed by atoms with van der Waals surface area (Å²) in [5, 5.41) is 18.6. The molecule has 4 nitrogen and oxygen atoms in total. The molecule has 1 rings (SSSR count). The van der Waals surface area contributed by atoms with Gasteiger partial charge in [0, 0.05) is 12.1 Å². The molecule has 0 aliphatic rings. The molecule has 0 aliphatic carbocycles. The molecule has 5 heteroatoms. The van der Waals surface area contributed by atoms with Gasteiger partial charge in [-0.1, -0.05) is 30.8 Å². The fraction of sp³-hybridized carbons (Fsp3) is 0. The van der Waals surface area contributed by atoms with Crippen molar-refractivity contribution < 1.29 is 4.92 Å². The van der Waals surface area contributed by atoms with Crippen LogP contribution < -0.4 is 0 Å². The lowest BCUT2D eigenvalue weighted by atomic mass is 10.3. The molecule has 0 saturated heterocycles. The highest BCUT2D eigenvalue weighted by atomic mass is 32.1. The first-order valence-corrected chi connectivity index (χ1v) is 3.39. The van der Waals surface area contributed by atoms with Gasteiger partial charge in [0.15, 0.2) is 0 Å². The van der Waals surface area contributed by atoms with Gasteiger partial charge in [0.2, 0.25) is 0 Å². The van der Waals surface area contributed by atoms with Crippen LogP contribution in [0, 0.1) is 20.8 Å². The summed E-state index contributed by atoms with van der Waals surface area (Å²) < 4.78 is 0. The third kappa shape index (κ3) is 4.30. The Morgan fingerprint density at radius 2 is 1.83 bits per heavy atom. The highest BCUT2D eigenvalue weighted by molar-refractivity contribution is 7.85. The van der Waals surface area contributed by atoms with Gasteiger partial charge in [-0.15, -0.1) is 0 Å². The molecule has 0 atom stereocenters. The maximum Gasteiger partial charge on any atom is 0.269 e. The van der Waals surface area contributed by atoms with E-state index in [4.69, 9.17) is 5.26 Å². The van der Waals surface area contributed by atoms with E-state index in [1.165, 1.54) is 17.5 Å². The van der Waals surface area contributed by atoms with E-state index in [-0.39, 0.29) is 5.69 Å². The molecule has 0 radical (unpaired) electrons. The average molecular weight is 182 g/mol. The summed E-state index contributed by atoms with van der Waals surface area (Å²) in [6.45, 7) is 0. The van der Waals surface area contributed by atoms with Gasteiger partial charge in [0.25, 0.3) is 5.69 Å². The van der Waals surface area contributed by atoms with Gasteiger partial charge in [-0.3, -0.25) is 10.1 Å². The summed E-state index contributed by atoms with van der Waals surface area (Å²) in [6, 6.07) is 7.93. The quantitative estimate of drug-likeness (QED) is 0.312. The zero-order valence-corrected chi connectivity index (χ0v) is 6.94. The molecule has 0 bridgehead atoms. The molecule has 0 unspecified atom stereocenters. The van der Waals surface area contributed by atoms with Gasteiger partial charge >= 0.3 is 0 Å². The Morgan fingerprint density at radius 1 is 1.42 bits per heavy atom. The lowest BCUT2D eigenvalue weighted by molar-refractivity contribution is -0.384. The number of rotatable bonds is 1. The molecule has 1 aromatic rings. The predicted molar refractivity (Wildman–Crippen MR) is 47.7 cm³/mol. The van der Waals surface area contributed by atoms with Crippen LogP contribution in [0.2, 0.25) is 0 Å². The van der Waals surface area contributed by atoms with Crippen molar-refractivity contribution >= 4 is 18.3 Å². The van der Waals surface area contributed by atoms with Crippen LogP contribution in [0.4, 0.5) is 5.69 Å². The SMILES string of the molecule is N#CS.O=[N+]([O-])c1ccccc1. The number of nitro groups is 1. The van der Waals surface area contributed by atoms with E-state index < -0.39 is 4.92 Å². The second kappa shape index (κ2) is 6.19. The van der Waals surface area contributed by atoms with Crippen molar-refractivity contribution in [2.24, 2.45) is 0 Å². The van der Waals surface area contributed by atoms with Crippen molar-refractivity contribution in [1.29, 1.82) is 5.26 Å². The third-order valence-corrected chi connectivity index (χ3v) is 0.967. The maximum atomic E-state index is 10.0. The predicted octanol–water partition coefficient (Wildman–Crippen LogP) is 1.99. The topological polar surface area (TPSA) is 66.9 Å². The summed E-state index contributed by atoms with van der Waals surface area (Å²) in [6.07, 6.45) is 0. The van der Waals surface area contributed by atoms with E-state index in [1.54, 1.807) is 18.2 Å². The Kier molecular flexibility index (Phi) is 5.39. The minimum atomic E-state index is -0.417. The number of para-hydroxylation sites is 1. The molecule has 0 amide bonds. The van der Waals surface area contributed by atoms with Gasteiger partial charge < -0.3 is 0 Å². The second-order valence-corrected chi connectivity index (χ2v) is 1.89. The van der Waals surface area contributed by atoms with Crippen molar-refractivity contribution in [3.63, 3.8) is 0 Å². The first-order valence-electron chi connectivity index (χ1n) is 2.95. The fourth-order valence-corrected chi connectivity index (χ4v) is 0.550. The highest BCUT2D eigenvalue weighted by Gasteiger charge is 1.98. The van der Waals surface area contributed by atoms with Gasteiger partial charge in [-0.2, -0.15) is 5.26 Å². The van der Waals surface area contributed by atoms with E-state index in [0.29, 0.717) is 0 Å². The van der Waals surface area contributed by atoms with Crippen molar-refractivity contribution in [3.05, 3.63) is 40.4 Å². The smallest absolute Gasteiger partial charge is 0.258 e. The highest BCUT2D eigenvalue weighted by Crippen LogP contribution is 2.06. The normalized spacial score (nSPS) is 7.33. The first-order chi connectivity index (χ1) is 5.72. The van der Waals surface area contributed by atoms with E-state index in [9.17, 15) is 10.1 Å². The van der Waals surface area contributed by atoms with Crippen LogP contribution in [0.1, 0.15) is 0 Å². The standard InChI is InChI=1S/C6H5NO2.CHNS/c8-7(9)6-4-2-1-3-5-6;2-1-3/h1-5H;3H. The number of thiol groups is 1. The summed E-state index contributed by atoms with van der Waals surface area (Å²) in [7, 11) is 0. The number of nitrogens with zero attached hydrogens (tertiary/aromatic N) is 2. The molecule has 0 saturated carbocycles. The Hall–Kier alpha value is -1.54. The van der Waals surface area contributed by atoms with Crippen LogP contribution in [-0.2, 0) is 0 Å². The molecule has 1 aromatic carbocycles. The van der Waals surface area contributed by atoms with Crippen molar-refractivity contribution in [2.45, 2.75) is 0 Å². The van der Waals surface area contributed by atoms with Gasteiger partial charge in [0.1, 0.15) is 5.40 Å². The number of thiocyanates is 1. The molecule has 62 valence electrons. The number of hydrogen-bond acceptors (Lipinski definition) is 4. The number of hydrogen-bond donors (Lipinski definition) is 1. The van der Waals surface area contributed by atoms with Crippen molar-refractivity contribution in [1.82, 2.24) is 0 Å². The van der Waals surface area contributed by atoms with Crippen LogP contribution in [0.25, 0.3) is 0 Å². The van der Waals surface area contributed by atoms with E-state index >= 15 is 0 Å². The number of nitriles is 1. The zero-order chi connectivity index (χ0) is 9.40. The Balaban J connectivity index is 0.000000354. The van der Waals surface area contributed by atoms with Gasteiger partial charge in [0.05, 0.1) is 4.92 Å². The maximum absolute atomic E-state index is 10.0. The first kappa shape index (κ1) is 10.5. The molecule has 0 aliphatic heterocycles. The number of nitro benzene ring substituents is 1. The van der Waals surface area contributed by atoms with Crippen LogP contribution in [0.5, 0.6) is 0 Å². The van der Waals surface area contributed by atoms with E-state index in [2.05, 4.69) is 12.6 Å². The molecular weight excluding hydrogens is 176 g/mol. The fourth-order valence-electron chi connectivity index (χ4n) is 0.550. The van der Waals surface area contributed by atoms with E-state index in [1.807, 2.05) is 0 Å².